The van der Waals surface area contributed by atoms with Crippen LogP contribution in [-0.2, 0) is 4.79 Å². The Kier molecular flexibility index (Phi) is 6.07. The van der Waals surface area contributed by atoms with Gasteiger partial charge in [0.25, 0.3) is 11.8 Å². The molecule has 2 aromatic rings. The highest BCUT2D eigenvalue weighted by Gasteiger charge is 2.34. The van der Waals surface area contributed by atoms with Crippen LogP contribution in [0.15, 0.2) is 48.7 Å². The third-order valence-electron chi connectivity index (χ3n) is 5.63. The van der Waals surface area contributed by atoms with Crippen molar-refractivity contribution >= 4 is 17.7 Å². The lowest BCUT2D eigenvalue weighted by Crippen LogP contribution is -2.40. The van der Waals surface area contributed by atoms with Crippen molar-refractivity contribution in [3.05, 3.63) is 59.8 Å². The Hall–Kier alpha value is -3.22. The second-order valence-electron chi connectivity index (χ2n) is 7.74. The third kappa shape index (κ3) is 4.50. The monoisotopic (exact) mass is 407 g/mol. The number of benzene rings is 1. The molecule has 0 radical (unpaired) electrons. The maximum Gasteiger partial charge on any atom is 0.261 e. The van der Waals surface area contributed by atoms with Crippen molar-refractivity contribution in [2.75, 3.05) is 6.54 Å². The summed E-state index contributed by atoms with van der Waals surface area (Å²) in [6.07, 6.45) is 6.05. The van der Waals surface area contributed by atoms with E-state index in [0.29, 0.717) is 23.4 Å². The molecule has 156 valence electrons. The summed E-state index contributed by atoms with van der Waals surface area (Å²) in [4.78, 5) is 42.4. The minimum Gasteiger partial charge on any atom is -0.474 e. The van der Waals surface area contributed by atoms with Gasteiger partial charge >= 0.3 is 0 Å². The van der Waals surface area contributed by atoms with Crippen molar-refractivity contribution < 1.29 is 19.1 Å². The van der Waals surface area contributed by atoms with E-state index in [1.807, 2.05) is 18.2 Å². The first-order chi connectivity index (χ1) is 14.6. The van der Waals surface area contributed by atoms with Gasteiger partial charge in [0.2, 0.25) is 11.8 Å². The van der Waals surface area contributed by atoms with Crippen LogP contribution >= 0.6 is 0 Å². The smallest absolute Gasteiger partial charge is 0.261 e. The predicted molar refractivity (Wildman–Crippen MR) is 110 cm³/mol. The summed E-state index contributed by atoms with van der Waals surface area (Å²) in [5.41, 5.74) is 0.883. The Morgan fingerprint density at radius 3 is 2.30 bits per heavy atom. The van der Waals surface area contributed by atoms with Crippen molar-refractivity contribution in [2.45, 2.75) is 50.7 Å². The van der Waals surface area contributed by atoms with Crippen LogP contribution < -0.4 is 10.1 Å². The number of aromatic nitrogens is 1. The third-order valence-corrected chi connectivity index (χ3v) is 5.63. The Labute approximate surface area is 175 Å². The molecule has 3 amide bonds. The van der Waals surface area contributed by atoms with Gasteiger partial charge in [0.05, 0.1) is 11.1 Å². The van der Waals surface area contributed by atoms with Crippen LogP contribution in [-0.4, -0.2) is 46.3 Å². The summed E-state index contributed by atoms with van der Waals surface area (Å²) < 4.78 is 5.88. The summed E-state index contributed by atoms with van der Waals surface area (Å²) in [6, 6.07) is 12.6. The van der Waals surface area contributed by atoms with Crippen molar-refractivity contribution in [2.24, 2.45) is 0 Å². The van der Waals surface area contributed by atoms with Crippen molar-refractivity contribution in [3.8, 4) is 5.88 Å². The zero-order valence-corrected chi connectivity index (χ0v) is 16.8. The Bertz CT molecular complexity index is 888. The minimum atomic E-state index is -0.276. The molecule has 1 aromatic carbocycles. The Morgan fingerprint density at radius 2 is 1.67 bits per heavy atom. The van der Waals surface area contributed by atoms with Gasteiger partial charge in [-0.2, -0.15) is 0 Å². The molecule has 1 fully saturated rings. The number of imide groups is 1. The van der Waals surface area contributed by atoms with Crippen molar-refractivity contribution in [1.29, 1.82) is 0 Å². The number of nitrogens with zero attached hydrogens (tertiary/aromatic N) is 2. The highest BCUT2D eigenvalue weighted by Crippen LogP contribution is 2.24. The van der Waals surface area contributed by atoms with E-state index in [1.165, 1.54) is 4.90 Å². The van der Waals surface area contributed by atoms with Gasteiger partial charge in [-0.25, -0.2) is 4.98 Å². The molecule has 1 N–H and O–H groups in total. The molecule has 1 aliphatic carbocycles. The highest BCUT2D eigenvalue weighted by atomic mass is 16.5. The lowest BCUT2D eigenvalue weighted by molar-refractivity contribution is -0.122. The second-order valence-corrected chi connectivity index (χ2v) is 7.74. The van der Waals surface area contributed by atoms with Gasteiger partial charge in [-0.3, -0.25) is 19.3 Å². The van der Waals surface area contributed by atoms with Gasteiger partial charge < -0.3 is 10.1 Å². The van der Waals surface area contributed by atoms with E-state index in [-0.39, 0.29) is 42.8 Å². The summed E-state index contributed by atoms with van der Waals surface area (Å²) in [5.74, 6) is 0.0447. The van der Waals surface area contributed by atoms with Gasteiger partial charge in [0.15, 0.2) is 0 Å². The van der Waals surface area contributed by atoms with Crippen LogP contribution in [0.25, 0.3) is 0 Å². The molecule has 30 heavy (non-hydrogen) atoms. The largest absolute Gasteiger partial charge is 0.474 e. The normalized spacial score (nSPS) is 20.7. The maximum atomic E-state index is 12.3. The lowest BCUT2D eigenvalue weighted by atomic mass is 9.93. The van der Waals surface area contributed by atoms with Gasteiger partial charge in [0.1, 0.15) is 6.10 Å². The average molecular weight is 407 g/mol. The Morgan fingerprint density at radius 1 is 1.00 bits per heavy atom. The predicted octanol–water partition coefficient (Wildman–Crippen LogP) is 2.96. The highest BCUT2D eigenvalue weighted by molar-refractivity contribution is 6.21. The lowest BCUT2D eigenvalue weighted by Gasteiger charge is -2.29. The Balaban J connectivity index is 1.17. The van der Waals surface area contributed by atoms with E-state index in [4.69, 9.17) is 4.74 Å². The number of fused-ring (bicyclic) bond motifs is 1. The summed E-state index contributed by atoms with van der Waals surface area (Å²) in [5, 5.41) is 3.07. The number of carbonyl (C=O) groups is 3. The molecule has 1 aliphatic heterocycles. The van der Waals surface area contributed by atoms with Crippen molar-refractivity contribution in [1.82, 2.24) is 15.2 Å². The number of rotatable bonds is 7. The fraction of sp³-hybridized carbons (Fsp3) is 0.391. The molecule has 2 aliphatic rings. The van der Waals surface area contributed by atoms with Crippen LogP contribution in [0, 0.1) is 0 Å². The topological polar surface area (TPSA) is 88.6 Å². The number of pyridine rings is 1. The number of ether oxygens (including phenoxy) is 1. The molecule has 2 heterocycles. The molecule has 7 nitrogen and oxygen atoms in total. The molecule has 0 unspecified atom stereocenters. The SMILES string of the molecule is O=C(CCCN1C(=O)c2ccccc2C1=O)NC1CCC(Oc2ccccn2)CC1. The molecule has 1 aromatic heterocycles. The van der Waals surface area contributed by atoms with Gasteiger partial charge in [-0.05, 0) is 50.3 Å². The molecule has 0 spiro atoms. The van der Waals surface area contributed by atoms with Gasteiger partial charge in [0, 0.05) is 31.3 Å². The molecule has 0 saturated heterocycles. The van der Waals surface area contributed by atoms with Crippen LogP contribution in [0.2, 0.25) is 0 Å². The molecule has 0 bridgehead atoms. The van der Waals surface area contributed by atoms with Crippen LogP contribution in [0.4, 0.5) is 0 Å². The number of amides is 3. The first kappa shape index (κ1) is 20.1. The summed E-state index contributed by atoms with van der Waals surface area (Å²) in [6.45, 7) is 0.254. The van der Waals surface area contributed by atoms with Gasteiger partial charge in [-0.1, -0.05) is 18.2 Å². The van der Waals surface area contributed by atoms with E-state index in [1.54, 1.807) is 30.5 Å². The van der Waals surface area contributed by atoms with Crippen LogP contribution in [0.1, 0.15) is 59.2 Å². The van der Waals surface area contributed by atoms with Crippen LogP contribution in [0.3, 0.4) is 0 Å². The van der Waals surface area contributed by atoms with Crippen LogP contribution in [0.5, 0.6) is 5.88 Å². The molecular formula is C23H25N3O4. The zero-order chi connectivity index (χ0) is 20.9. The summed E-state index contributed by atoms with van der Waals surface area (Å²) >= 11 is 0. The molecular weight excluding hydrogens is 382 g/mol. The quantitative estimate of drug-likeness (QED) is 0.713. The van der Waals surface area contributed by atoms with E-state index in [0.717, 1.165) is 25.7 Å². The molecule has 7 heteroatoms. The molecule has 1 saturated carbocycles. The standard InChI is InChI=1S/C23H25N3O4/c27-20(8-5-15-26-22(28)18-6-1-2-7-19(18)23(26)29)25-16-10-12-17(13-11-16)30-21-9-3-4-14-24-21/h1-4,6-7,9,14,16-17H,5,8,10-13,15H2,(H,25,27). The summed E-state index contributed by atoms with van der Waals surface area (Å²) in [7, 11) is 0. The van der Waals surface area contributed by atoms with Gasteiger partial charge in [-0.15, -0.1) is 0 Å². The zero-order valence-electron chi connectivity index (χ0n) is 16.8. The number of hydrogen-bond donors (Lipinski definition) is 1. The first-order valence-corrected chi connectivity index (χ1v) is 10.4. The average Bonchev–Trinajstić information content (AvgIpc) is 3.01. The van der Waals surface area contributed by atoms with E-state index < -0.39 is 0 Å². The second kappa shape index (κ2) is 9.07. The fourth-order valence-electron chi connectivity index (χ4n) is 4.05. The van der Waals surface area contributed by atoms with E-state index in [2.05, 4.69) is 10.3 Å². The number of hydrogen-bond acceptors (Lipinski definition) is 5. The first-order valence-electron chi connectivity index (χ1n) is 10.4. The number of nitrogens with one attached hydrogen (secondary N) is 1. The van der Waals surface area contributed by atoms with Crippen molar-refractivity contribution in [3.63, 3.8) is 0 Å². The molecule has 4 rings (SSSR count). The molecule has 0 atom stereocenters. The van der Waals surface area contributed by atoms with E-state index in [9.17, 15) is 14.4 Å². The van der Waals surface area contributed by atoms with E-state index >= 15 is 0 Å². The minimum absolute atomic E-state index is 0.0410. The fourth-order valence-corrected chi connectivity index (χ4v) is 4.05. The number of carbonyl (C=O) groups excluding carboxylic acids is 3. The maximum absolute atomic E-state index is 12.3.